The van der Waals surface area contributed by atoms with Crippen molar-refractivity contribution in [1.29, 1.82) is 0 Å². The average molecular weight is 507 g/mol. The molecule has 0 fully saturated rings. The first-order valence-electron chi connectivity index (χ1n) is 9.87. The van der Waals surface area contributed by atoms with Gasteiger partial charge in [-0.3, -0.25) is 9.59 Å². The number of hydrazone groups is 1. The highest BCUT2D eigenvalue weighted by Gasteiger charge is 2.32. The first kappa shape index (κ1) is 25.0. The summed E-state index contributed by atoms with van der Waals surface area (Å²) in [5, 5.41) is 18.4. The first-order valence-corrected chi connectivity index (χ1v) is 10.6. The van der Waals surface area contributed by atoms with Crippen molar-refractivity contribution in [3.8, 4) is 11.5 Å². The lowest BCUT2D eigenvalue weighted by Crippen LogP contribution is -2.36. The molecule has 1 aliphatic heterocycles. The van der Waals surface area contributed by atoms with E-state index >= 15 is 0 Å². The molecule has 0 saturated carbocycles. The van der Waals surface area contributed by atoms with Crippen molar-refractivity contribution < 1.29 is 29.0 Å². The molecule has 0 saturated heterocycles. The molecule has 0 unspecified atom stereocenters. The summed E-state index contributed by atoms with van der Waals surface area (Å²) in [6.07, 6.45) is 0.313. The van der Waals surface area contributed by atoms with Gasteiger partial charge in [0.15, 0.2) is 12.0 Å². The van der Waals surface area contributed by atoms with Crippen LogP contribution in [0.15, 0.2) is 35.4 Å². The number of carbonyl (C=O) groups is 4. The quantitative estimate of drug-likeness (QED) is 0.232. The first-order chi connectivity index (χ1) is 16.0. The van der Waals surface area contributed by atoms with Crippen LogP contribution in [0.2, 0.25) is 10.0 Å². The molecule has 3 rings (SSSR count). The Morgan fingerprint density at radius 1 is 1.24 bits per heavy atom. The third-order valence-electron chi connectivity index (χ3n) is 4.99. The maximum absolute atomic E-state index is 12.3. The predicted octanol–water partition coefficient (Wildman–Crippen LogP) is 4.19. The fourth-order valence-electron chi connectivity index (χ4n) is 3.38. The fourth-order valence-corrected chi connectivity index (χ4v) is 3.93. The number of carboxylic acid groups (broad SMARTS) is 1. The fraction of sp³-hybridized carbons (Fsp3) is 0.227. The van der Waals surface area contributed by atoms with Crippen molar-refractivity contribution in [2.75, 3.05) is 17.4 Å². The zero-order chi connectivity index (χ0) is 25.2. The summed E-state index contributed by atoms with van der Waals surface area (Å²) in [6.45, 7) is 3.89. The molecule has 1 heterocycles. The van der Waals surface area contributed by atoms with Crippen LogP contribution in [0.5, 0.6) is 11.5 Å². The number of halogens is 2. The van der Waals surface area contributed by atoms with Crippen molar-refractivity contribution in [2.45, 2.75) is 25.7 Å². The number of nitrogens with one attached hydrogen (secondary N) is 2. The van der Waals surface area contributed by atoms with Gasteiger partial charge in [0.2, 0.25) is 11.6 Å². The van der Waals surface area contributed by atoms with Crippen LogP contribution in [0.1, 0.15) is 25.8 Å². The van der Waals surface area contributed by atoms with Gasteiger partial charge in [0.25, 0.3) is 0 Å². The van der Waals surface area contributed by atoms with Crippen LogP contribution in [-0.4, -0.2) is 42.1 Å². The molecule has 1 aliphatic rings. The lowest BCUT2D eigenvalue weighted by molar-refractivity contribution is -0.129. The van der Waals surface area contributed by atoms with Gasteiger partial charge in [-0.2, -0.15) is 10.1 Å². The van der Waals surface area contributed by atoms with E-state index in [1.54, 1.807) is 18.2 Å². The molecule has 10 nitrogen and oxygen atoms in total. The normalized spacial score (nSPS) is 14.5. The Hall–Kier alpha value is -3.63. The highest BCUT2D eigenvalue weighted by Crippen LogP contribution is 2.43. The number of urea groups is 1. The van der Waals surface area contributed by atoms with Crippen LogP contribution in [0, 0.1) is 0 Å². The number of nitrogens with zero attached hydrogens (tertiary/aromatic N) is 2. The molecule has 12 heteroatoms. The summed E-state index contributed by atoms with van der Waals surface area (Å²) in [6, 6.07) is 6.88. The number of aldehydes is 1. The van der Waals surface area contributed by atoms with Gasteiger partial charge in [0, 0.05) is 24.6 Å². The van der Waals surface area contributed by atoms with E-state index in [-0.39, 0.29) is 33.7 Å². The molecule has 34 heavy (non-hydrogen) atoms. The molecule has 0 radical (unpaired) electrons. The molecule has 2 aromatic rings. The zero-order valence-electron chi connectivity index (χ0n) is 18.3. The van der Waals surface area contributed by atoms with Gasteiger partial charge >= 0.3 is 12.0 Å². The predicted molar refractivity (Wildman–Crippen MR) is 127 cm³/mol. The minimum atomic E-state index is -1.62. The van der Waals surface area contributed by atoms with Gasteiger partial charge in [0.1, 0.15) is 5.75 Å². The number of fused-ring (bicyclic) bond motifs is 1. The van der Waals surface area contributed by atoms with E-state index in [1.165, 1.54) is 19.2 Å². The second-order valence-electron chi connectivity index (χ2n) is 7.93. The van der Waals surface area contributed by atoms with E-state index < -0.39 is 23.1 Å². The zero-order valence-corrected chi connectivity index (χ0v) is 19.8. The minimum absolute atomic E-state index is 0.000125. The lowest BCUT2D eigenvalue weighted by Gasteiger charge is -2.32. The number of amides is 3. The molecule has 3 N–H and O–H groups in total. The SMILES string of the molecule is CNC(=O)N(/N=C(\C=O)C(=O)O)c1cc(Cl)c(Oc2ccc3c(c2)C(C)(C)CC(=O)N3)c(Cl)c1. The number of anilines is 2. The molecule has 0 bridgehead atoms. The summed E-state index contributed by atoms with van der Waals surface area (Å²) in [7, 11) is 1.30. The Morgan fingerprint density at radius 2 is 1.88 bits per heavy atom. The van der Waals surface area contributed by atoms with Crippen LogP contribution in [0.3, 0.4) is 0 Å². The number of rotatable bonds is 6. The van der Waals surface area contributed by atoms with Crippen LogP contribution < -0.4 is 20.4 Å². The van der Waals surface area contributed by atoms with E-state index in [9.17, 15) is 19.2 Å². The molecule has 0 spiro atoms. The number of ether oxygens (including phenoxy) is 1. The van der Waals surface area contributed by atoms with Crippen LogP contribution in [-0.2, 0) is 19.8 Å². The third kappa shape index (κ3) is 5.13. The summed E-state index contributed by atoms with van der Waals surface area (Å²) in [5.74, 6) is -1.20. The van der Waals surface area contributed by atoms with E-state index in [2.05, 4.69) is 15.7 Å². The maximum atomic E-state index is 12.3. The highest BCUT2D eigenvalue weighted by atomic mass is 35.5. The van der Waals surface area contributed by atoms with E-state index in [0.717, 1.165) is 5.56 Å². The number of hydrogen-bond donors (Lipinski definition) is 3. The molecular weight excluding hydrogens is 487 g/mol. The second kappa shape index (κ2) is 9.70. The second-order valence-corrected chi connectivity index (χ2v) is 8.75. The highest BCUT2D eigenvalue weighted by molar-refractivity contribution is 6.57. The maximum Gasteiger partial charge on any atom is 0.359 e. The monoisotopic (exact) mass is 506 g/mol. The average Bonchev–Trinajstić information content (AvgIpc) is 2.75. The number of carboxylic acids is 1. The van der Waals surface area contributed by atoms with Crippen molar-refractivity contribution >= 4 is 64.5 Å². The molecular formula is C22H20Cl2N4O6. The Balaban J connectivity index is 1.99. The van der Waals surface area contributed by atoms with Crippen LogP contribution in [0.4, 0.5) is 16.2 Å². The van der Waals surface area contributed by atoms with Gasteiger partial charge in [0.05, 0.1) is 15.7 Å². The molecule has 2 aromatic carbocycles. The molecule has 3 amide bonds. The number of carbonyl (C=O) groups excluding carboxylic acids is 3. The largest absolute Gasteiger partial charge is 0.476 e. The summed E-state index contributed by atoms with van der Waals surface area (Å²) < 4.78 is 5.91. The molecule has 0 aliphatic carbocycles. The van der Waals surface area contributed by atoms with Gasteiger partial charge in [-0.15, -0.1) is 0 Å². The molecule has 0 atom stereocenters. The number of benzene rings is 2. The van der Waals surface area contributed by atoms with Gasteiger partial charge in [-0.1, -0.05) is 37.0 Å². The van der Waals surface area contributed by atoms with Gasteiger partial charge < -0.3 is 20.5 Å². The van der Waals surface area contributed by atoms with E-state index in [4.69, 9.17) is 33.0 Å². The van der Waals surface area contributed by atoms with Crippen molar-refractivity contribution in [3.63, 3.8) is 0 Å². The number of hydrogen-bond acceptors (Lipinski definition) is 6. The lowest BCUT2D eigenvalue weighted by atomic mass is 9.78. The topological polar surface area (TPSA) is 137 Å². The molecule has 0 aromatic heterocycles. The summed E-state index contributed by atoms with van der Waals surface area (Å²) in [5.41, 5.74) is 0.241. The third-order valence-corrected chi connectivity index (χ3v) is 5.55. The Labute approximate surface area is 204 Å². The smallest absolute Gasteiger partial charge is 0.359 e. The Bertz CT molecular complexity index is 1200. The number of aliphatic carboxylic acids is 1. The Kier molecular flexibility index (Phi) is 7.13. The van der Waals surface area contributed by atoms with Crippen molar-refractivity contribution in [3.05, 3.63) is 45.9 Å². The summed E-state index contributed by atoms with van der Waals surface area (Å²) in [4.78, 5) is 46.3. The van der Waals surface area contributed by atoms with Crippen LogP contribution in [0.25, 0.3) is 0 Å². The molecule has 178 valence electrons. The van der Waals surface area contributed by atoms with Crippen LogP contribution >= 0.6 is 23.2 Å². The van der Waals surface area contributed by atoms with Gasteiger partial charge in [-0.05, 0) is 35.9 Å². The van der Waals surface area contributed by atoms with Crippen molar-refractivity contribution in [1.82, 2.24) is 5.32 Å². The minimum Gasteiger partial charge on any atom is -0.476 e. The van der Waals surface area contributed by atoms with E-state index in [0.29, 0.717) is 22.9 Å². The van der Waals surface area contributed by atoms with E-state index in [1.807, 2.05) is 13.8 Å². The summed E-state index contributed by atoms with van der Waals surface area (Å²) >= 11 is 12.7. The standard InChI is InChI=1S/C22H20Cl2N4O6/c1-22(2)9-18(30)26-16-5-4-12(8-13(16)22)34-19-14(23)6-11(7-15(19)24)28(21(33)25-3)27-17(10-29)20(31)32/h4-8,10H,9H2,1-3H3,(H,25,33)(H,26,30)(H,31,32)/b27-17+. The Morgan fingerprint density at radius 3 is 2.44 bits per heavy atom. The van der Waals surface area contributed by atoms with Crippen molar-refractivity contribution in [2.24, 2.45) is 5.10 Å². The van der Waals surface area contributed by atoms with Gasteiger partial charge in [-0.25, -0.2) is 9.59 Å².